The summed E-state index contributed by atoms with van der Waals surface area (Å²) in [5, 5.41) is 0.246. The van der Waals surface area contributed by atoms with Gasteiger partial charge in [0.15, 0.2) is 0 Å². The number of sulfonamides is 1. The molecule has 33 heavy (non-hydrogen) atoms. The van der Waals surface area contributed by atoms with E-state index in [0.717, 1.165) is 19.3 Å². The fourth-order valence-corrected chi connectivity index (χ4v) is 4.98. The van der Waals surface area contributed by atoms with Crippen LogP contribution in [0.2, 0.25) is 5.02 Å². The Kier molecular flexibility index (Phi) is 7.02. The van der Waals surface area contributed by atoms with Gasteiger partial charge in [0.1, 0.15) is 0 Å². The Balaban J connectivity index is 1.50. The molecule has 6 nitrogen and oxygen atoms in total. The minimum absolute atomic E-state index is 0.116. The number of benzene rings is 3. The molecule has 1 fully saturated rings. The summed E-state index contributed by atoms with van der Waals surface area (Å²) in [6.07, 6.45) is 1.05. The van der Waals surface area contributed by atoms with Crippen molar-refractivity contribution in [2.24, 2.45) is 0 Å². The first-order valence-electron chi connectivity index (χ1n) is 10.7. The van der Waals surface area contributed by atoms with E-state index in [9.17, 15) is 13.2 Å². The molecule has 8 heteroatoms. The third-order valence-corrected chi connectivity index (χ3v) is 6.63. The third-order valence-electron chi connectivity index (χ3n) is 5.71. The molecule has 1 N–H and O–H groups in total. The Hall–Kier alpha value is -2.87. The second-order valence-electron chi connectivity index (χ2n) is 8.12. The standard InChI is InChI=1S/C25H26ClN3O3S/c1-33(31,32)27-23-18-21(12-13-22(23)26)25(30)29-16-14-28(15-17-29)24(19-8-4-2-5-9-19)20-10-6-3-7-11-20/h2-13,18,24,27H,14-17H2,1H3. The van der Waals surface area contributed by atoms with Crippen LogP contribution in [0.15, 0.2) is 78.9 Å². The van der Waals surface area contributed by atoms with Crippen LogP contribution in [0.25, 0.3) is 0 Å². The average molecular weight is 484 g/mol. The molecule has 1 aliphatic heterocycles. The van der Waals surface area contributed by atoms with E-state index in [1.54, 1.807) is 17.0 Å². The van der Waals surface area contributed by atoms with E-state index < -0.39 is 10.0 Å². The van der Waals surface area contributed by atoms with Crippen LogP contribution >= 0.6 is 11.6 Å². The second-order valence-corrected chi connectivity index (χ2v) is 10.3. The lowest BCUT2D eigenvalue weighted by molar-refractivity contribution is 0.0597. The highest BCUT2D eigenvalue weighted by molar-refractivity contribution is 7.92. The predicted octanol–water partition coefficient (Wildman–Crippen LogP) is 4.26. The summed E-state index contributed by atoms with van der Waals surface area (Å²) >= 11 is 6.10. The van der Waals surface area contributed by atoms with Crippen molar-refractivity contribution in [3.63, 3.8) is 0 Å². The molecule has 0 bridgehead atoms. The van der Waals surface area contributed by atoms with Gasteiger partial charge in [-0.1, -0.05) is 72.3 Å². The van der Waals surface area contributed by atoms with Crippen LogP contribution in [-0.2, 0) is 10.0 Å². The van der Waals surface area contributed by atoms with E-state index in [-0.39, 0.29) is 22.7 Å². The highest BCUT2D eigenvalue weighted by Gasteiger charge is 2.28. The van der Waals surface area contributed by atoms with Crippen molar-refractivity contribution in [2.45, 2.75) is 6.04 Å². The van der Waals surface area contributed by atoms with Crippen molar-refractivity contribution in [3.05, 3.63) is 101 Å². The van der Waals surface area contributed by atoms with Crippen LogP contribution in [0.5, 0.6) is 0 Å². The molecule has 0 atom stereocenters. The van der Waals surface area contributed by atoms with Crippen LogP contribution < -0.4 is 4.72 Å². The van der Waals surface area contributed by atoms with Gasteiger partial charge < -0.3 is 4.90 Å². The highest BCUT2D eigenvalue weighted by Crippen LogP contribution is 2.30. The Morgan fingerprint density at radius 3 is 1.94 bits per heavy atom. The molecule has 0 saturated carbocycles. The minimum Gasteiger partial charge on any atom is -0.336 e. The molecule has 4 rings (SSSR count). The van der Waals surface area contributed by atoms with Crippen LogP contribution in [-0.4, -0.2) is 56.6 Å². The molecule has 0 unspecified atom stereocenters. The van der Waals surface area contributed by atoms with Gasteiger partial charge in [0.05, 0.1) is 23.0 Å². The van der Waals surface area contributed by atoms with E-state index in [4.69, 9.17) is 11.6 Å². The van der Waals surface area contributed by atoms with Crippen molar-refractivity contribution < 1.29 is 13.2 Å². The molecule has 0 aromatic heterocycles. The summed E-state index contributed by atoms with van der Waals surface area (Å²) in [4.78, 5) is 17.3. The number of anilines is 1. The zero-order chi connectivity index (χ0) is 23.4. The number of hydrogen-bond acceptors (Lipinski definition) is 4. The van der Waals surface area contributed by atoms with Crippen LogP contribution in [0.1, 0.15) is 27.5 Å². The van der Waals surface area contributed by atoms with E-state index in [2.05, 4.69) is 33.9 Å². The topological polar surface area (TPSA) is 69.7 Å². The van der Waals surface area contributed by atoms with Gasteiger partial charge in [0, 0.05) is 31.7 Å². The van der Waals surface area contributed by atoms with Crippen molar-refractivity contribution in [3.8, 4) is 0 Å². The lowest BCUT2D eigenvalue weighted by Gasteiger charge is -2.39. The third kappa shape index (κ3) is 5.74. The van der Waals surface area contributed by atoms with Gasteiger partial charge in [-0.2, -0.15) is 0 Å². The van der Waals surface area contributed by atoms with Gasteiger partial charge in [-0.25, -0.2) is 8.42 Å². The van der Waals surface area contributed by atoms with Gasteiger partial charge in [-0.15, -0.1) is 0 Å². The second kappa shape index (κ2) is 9.95. The number of amides is 1. The monoisotopic (exact) mass is 483 g/mol. The summed E-state index contributed by atoms with van der Waals surface area (Å²) in [5.41, 5.74) is 3.05. The average Bonchev–Trinajstić information content (AvgIpc) is 2.81. The fraction of sp³-hybridized carbons (Fsp3) is 0.240. The number of nitrogens with one attached hydrogen (secondary N) is 1. The molecule has 1 amide bonds. The molecular weight excluding hydrogens is 458 g/mol. The molecule has 172 valence electrons. The summed E-state index contributed by atoms with van der Waals surface area (Å²) in [6.45, 7) is 2.60. The Morgan fingerprint density at radius 1 is 0.879 bits per heavy atom. The van der Waals surface area contributed by atoms with E-state index in [0.29, 0.717) is 18.7 Å². The summed E-state index contributed by atoms with van der Waals surface area (Å²) in [7, 11) is -3.50. The van der Waals surface area contributed by atoms with Crippen molar-refractivity contribution in [1.29, 1.82) is 0 Å². The van der Waals surface area contributed by atoms with Gasteiger partial charge in [0.2, 0.25) is 10.0 Å². The van der Waals surface area contributed by atoms with Crippen LogP contribution in [0.3, 0.4) is 0 Å². The maximum absolute atomic E-state index is 13.1. The molecule has 1 aliphatic rings. The SMILES string of the molecule is CS(=O)(=O)Nc1cc(C(=O)N2CCN(C(c3ccccc3)c3ccccc3)CC2)ccc1Cl. The minimum atomic E-state index is -3.50. The number of halogens is 1. The molecule has 0 spiro atoms. The van der Waals surface area contributed by atoms with E-state index in [1.165, 1.54) is 17.2 Å². The molecule has 1 heterocycles. The first-order valence-corrected chi connectivity index (χ1v) is 13.0. The van der Waals surface area contributed by atoms with Gasteiger partial charge in [-0.05, 0) is 29.3 Å². The number of carbonyl (C=O) groups excluding carboxylic acids is 1. The fourth-order valence-electron chi connectivity index (χ4n) is 4.19. The normalized spacial score (nSPS) is 14.9. The largest absolute Gasteiger partial charge is 0.336 e. The first-order chi connectivity index (χ1) is 15.8. The number of carbonyl (C=O) groups is 1. The number of nitrogens with zero attached hydrogens (tertiary/aromatic N) is 2. The lowest BCUT2D eigenvalue weighted by atomic mass is 9.96. The highest BCUT2D eigenvalue weighted by atomic mass is 35.5. The summed E-state index contributed by atoms with van der Waals surface area (Å²) < 4.78 is 25.6. The van der Waals surface area contributed by atoms with Crippen LogP contribution in [0, 0.1) is 0 Å². The maximum atomic E-state index is 13.1. The Morgan fingerprint density at radius 2 is 1.42 bits per heavy atom. The molecule has 0 aliphatic carbocycles. The van der Waals surface area contributed by atoms with Gasteiger partial charge in [0.25, 0.3) is 5.91 Å². The van der Waals surface area contributed by atoms with Crippen LogP contribution in [0.4, 0.5) is 5.69 Å². The number of piperazine rings is 1. The van der Waals surface area contributed by atoms with Gasteiger partial charge >= 0.3 is 0 Å². The van der Waals surface area contributed by atoms with Crippen molar-refractivity contribution in [2.75, 3.05) is 37.2 Å². The Bertz CT molecular complexity index is 1170. The van der Waals surface area contributed by atoms with E-state index >= 15 is 0 Å². The zero-order valence-electron chi connectivity index (χ0n) is 18.3. The maximum Gasteiger partial charge on any atom is 0.254 e. The smallest absolute Gasteiger partial charge is 0.254 e. The molecule has 0 radical (unpaired) electrons. The summed E-state index contributed by atoms with van der Waals surface area (Å²) in [6, 6.07) is 25.6. The van der Waals surface area contributed by atoms with E-state index in [1.807, 2.05) is 36.4 Å². The van der Waals surface area contributed by atoms with Gasteiger partial charge in [-0.3, -0.25) is 14.4 Å². The van der Waals surface area contributed by atoms with Crippen molar-refractivity contribution >= 4 is 33.2 Å². The number of rotatable bonds is 6. The molecular formula is C25H26ClN3O3S. The predicted molar refractivity (Wildman–Crippen MR) is 132 cm³/mol. The molecule has 1 saturated heterocycles. The lowest BCUT2D eigenvalue weighted by Crippen LogP contribution is -2.49. The molecule has 3 aromatic rings. The molecule has 3 aromatic carbocycles. The zero-order valence-corrected chi connectivity index (χ0v) is 19.9. The number of hydrogen-bond donors (Lipinski definition) is 1. The van der Waals surface area contributed by atoms with Crippen molar-refractivity contribution in [1.82, 2.24) is 9.80 Å². The summed E-state index contributed by atoms with van der Waals surface area (Å²) in [5.74, 6) is -0.140. The first kappa shape index (κ1) is 23.3. The quantitative estimate of drug-likeness (QED) is 0.568. The Labute approximate surface area is 199 Å².